The second-order valence-corrected chi connectivity index (χ2v) is 4.41. The van der Waals surface area contributed by atoms with E-state index < -0.39 is 0 Å². The Labute approximate surface area is 101 Å². The van der Waals surface area contributed by atoms with Gasteiger partial charge in [0.05, 0.1) is 12.1 Å². The summed E-state index contributed by atoms with van der Waals surface area (Å²) in [6.07, 6.45) is 9.54. The van der Waals surface area contributed by atoms with Gasteiger partial charge in [-0.2, -0.15) is 5.10 Å². The van der Waals surface area contributed by atoms with Crippen molar-refractivity contribution in [2.75, 3.05) is 6.61 Å². The minimum Gasteiger partial charge on any atom is -0.461 e. The van der Waals surface area contributed by atoms with Crippen LogP contribution in [0.1, 0.15) is 31.2 Å². The van der Waals surface area contributed by atoms with Crippen molar-refractivity contribution in [2.45, 2.75) is 25.7 Å². The molecule has 0 aliphatic heterocycles. The van der Waals surface area contributed by atoms with Crippen molar-refractivity contribution >= 4 is 5.97 Å². The molecule has 0 aromatic carbocycles. The summed E-state index contributed by atoms with van der Waals surface area (Å²) >= 11 is 0. The fourth-order valence-electron chi connectivity index (χ4n) is 1.93. The fourth-order valence-corrected chi connectivity index (χ4v) is 1.93. The van der Waals surface area contributed by atoms with E-state index in [0.717, 1.165) is 18.4 Å². The zero-order chi connectivity index (χ0) is 12.3. The van der Waals surface area contributed by atoms with Crippen LogP contribution in [0.4, 0.5) is 0 Å². The summed E-state index contributed by atoms with van der Waals surface area (Å²) < 4.78 is 6.94. The zero-order valence-electron chi connectivity index (χ0n) is 10.3. The lowest BCUT2D eigenvalue weighted by Gasteiger charge is -2.00. The number of aryl methyl sites for hydroxylation is 1. The van der Waals surface area contributed by atoms with Gasteiger partial charge >= 0.3 is 5.97 Å². The second-order valence-electron chi connectivity index (χ2n) is 4.41. The minimum atomic E-state index is -0.0837. The van der Waals surface area contributed by atoms with Crippen LogP contribution >= 0.6 is 0 Å². The first-order chi connectivity index (χ1) is 8.22. The highest BCUT2D eigenvalue weighted by molar-refractivity contribution is 5.77. The molecule has 4 heteroatoms. The standard InChI is InChI=1S/C13H18N2O2/c1-3-4-5-6-17-13(16)12-7-11(12)10-8-14-15(2)9-10/h4-5,8-9,11-12H,3,6-7H2,1-2H3/b5-4+/t11-,12+/m0/s1. The molecule has 2 rings (SSSR count). The van der Waals surface area contributed by atoms with Gasteiger partial charge in [0.25, 0.3) is 0 Å². The molecule has 17 heavy (non-hydrogen) atoms. The van der Waals surface area contributed by atoms with Crippen LogP contribution in [0.5, 0.6) is 0 Å². The summed E-state index contributed by atoms with van der Waals surface area (Å²) in [6, 6.07) is 0. The van der Waals surface area contributed by atoms with E-state index in [2.05, 4.69) is 12.0 Å². The highest BCUT2D eigenvalue weighted by atomic mass is 16.5. The average molecular weight is 234 g/mol. The Morgan fingerprint density at radius 3 is 3.12 bits per heavy atom. The summed E-state index contributed by atoms with van der Waals surface area (Å²) in [5, 5.41) is 4.11. The molecular formula is C13H18N2O2. The molecule has 1 aromatic heterocycles. The lowest BCUT2D eigenvalue weighted by molar-refractivity contribution is -0.144. The number of allylic oxidation sites excluding steroid dienone is 1. The molecule has 4 nitrogen and oxygen atoms in total. The number of hydrogen-bond donors (Lipinski definition) is 0. The summed E-state index contributed by atoms with van der Waals surface area (Å²) in [5.74, 6) is 0.264. The Balaban J connectivity index is 1.78. The number of aromatic nitrogens is 2. The highest BCUT2D eigenvalue weighted by Gasteiger charge is 2.45. The van der Waals surface area contributed by atoms with Gasteiger partial charge in [-0.05, 0) is 18.4 Å². The number of carbonyl (C=O) groups excluding carboxylic acids is 1. The van der Waals surface area contributed by atoms with E-state index >= 15 is 0 Å². The largest absolute Gasteiger partial charge is 0.461 e. The maximum atomic E-state index is 11.7. The predicted molar refractivity (Wildman–Crippen MR) is 64.4 cm³/mol. The second kappa shape index (κ2) is 5.17. The van der Waals surface area contributed by atoms with Gasteiger partial charge in [-0.15, -0.1) is 0 Å². The Morgan fingerprint density at radius 2 is 2.47 bits per heavy atom. The Morgan fingerprint density at radius 1 is 1.65 bits per heavy atom. The monoisotopic (exact) mass is 234 g/mol. The van der Waals surface area contributed by atoms with Crippen LogP contribution in [0.25, 0.3) is 0 Å². The van der Waals surface area contributed by atoms with E-state index in [1.54, 1.807) is 4.68 Å². The van der Waals surface area contributed by atoms with E-state index in [9.17, 15) is 4.79 Å². The first-order valence-electron chi connectivity index (χ1n) is 6.02. The van der Waals surface area contributed by atoms with Gasteiger partial charge < -0.3 is 4.74 Å². The molecule has 1 aliphatic carbocycles. The molecule has 1 heterocycles. The molecule has 0 spiro atoms. The third-order valence-electron chi connectivity index (χ3n) is 2.97. The third kappa shape index (κ3) is 2.96. The highest BCUT2D eigenvalue weighted by Crippen LogP contribution is 2.47. The van der Waals surface area contributed by atoms with Crippen LogP contribution < -0.4 is 0 Å². The molecule has 0 bridgehead atoms. The van der Waals surface area contributed by atoms with Crippen molar-refractivity contribution in [1.29, 1.82) is 0 Å². The quantitative estimate of drug-likeness (QED) is 0.578. The number of hydrogen-bond acceptors (Lipinski definition) is 3. The molecule has 0 saturated heterocycles. The lowest BCUT2D eigenvalue weighted by Crippen LogP contribution is -2.07. The number of nitrogens with zero attached hydrogens (tertiary/aromatic N) is 2. The minimum absolute atomic E-state index is 0.0363. The number of esters is 1. The lowest BCUT2D eigenvalue weighted by atomic mass is 10.2. The topological polar surface area (TPSA) is 44.1 Å². The Bertz CT molecular complexity index is 423. The zero-order valence-corrected chi connectivity index (χ0v) is 10.3. The van der Waals surface area contributed by atoms with Crippen LogP contribution in [0.15, 0.2) is 24.5 Å². The summed E-state index contributed by atoms with van der Waals surface area (Å²) in [7, 11) is 1.88. The van der Waals surface area contributed by atoms with Gasteiger partial charge in [0, 0.05) is 19.2 Å². The molecule has 0 amide bonds. The molecular weight excluding hydrogens is 216 g/mol. The number of carbonyl (C=O) groups is 1. The SMILES string of the molecule is CC/C=C/COC(=O)[C@@H]1C[C@H]1c1cnn(C)c1. The van der Waals surface area contributed by atoms with Crippen molar-refractivity contribution in [1.82, 2.24) is 9.78 Å². The van der Waals surface area contributed by atoms with Gasteiger partial charge in [0.2, 0.25) is 0 Å². The first-order valence-corrected chi connectivity index (χ1v) is 6.02. The van der Waals surface area contributed by atoms with Crippen LogP contribution in [0.2, 0.25) is 0 Å². The maximum absolute atomic E-state index is 11.7. The molecule has 92 valence electrons. The van der Waals surface area contributed by atoms with Gasteiger partial charge in [-0.3, -0.25) is 9.48 Å². The molecule has 0 N–H and O–H groups in total. The van der Waals surface area contributed by atoms with Crippen molar-refractivity contribution < 1.29 is 9.53 Å². The first kappa shape index (κ1) is 11.9. The van der Waals surface area contributed by atoms with Crippen LogP contribution in [-0.4, -0.2) is 22.4 Å². The molecule has 0 unspecified atom stereocenters. The fraction of sp³-hybridized carbons (Fsp3) is 0.538. The maximum Gasteiger partial charge on any atom is 0.309 e. The molecule has 0 radical (unpaired) electrons. The van der Waals surface area contributed by atoms with Crippen LogP contribution in [0.3, 0.4) is 0 Å². The van der Waals surface area contributed by atoms with E-state index in [1.165, 1.54) is 0 Å². The average Bonchev–Trinajstić information content (AvgIpc) is 3.01. The molecule has 1 saturated carbocycles. The van der Waals surface area contributed by atoms with E-state index in [0.29, 0.717) is 12.5 Å². The van der Waals surface area contributed by atoms with Gasteiger partial charge in [0.15, 0.2) is 0 Å². The molecule has 1 aromatic rings. The van der Waals surface area contributed by atoms with E-state index in [4.69, 9.17) is 4.74 Å². The van der Waals surface area contributed by atoms with Crippen molar-refractivity contribution in [3.8, 4) is 0 Å². The molecule has 1 fully saturated rings. The smallest absolute Gasteiger partial charge is 0.309 e. The van der Waals surface area contributed by atoms with E-state index in [1.807, 2.05) is 31.6 Å². The van der Waals surface area contributed by atoms with E-state index in [-0.39, 0.29) is 11.9 Å². The van der Waals surface area contributed by atoms with Gasteiger partial charge in [-0.25, -0.2) is 0 Å². The summed E-state index contributed by atoms with van der Waals surface area (Å²) in [4.78, 5) is 11.7. The normalized spacial score (nSPS) is 22.9. The number of ether oxygens (including phenoxy) is 1. The van der Waals surface area contributed by atoms with Gasteiger partial charge in [0.1, 0.15) is 6.61 Å². The summed E-state index contributed by atoms with van der Waals surface area (Å²) in [5.41, 5.74) is 1.14. The predicted octanol–water partition coefficient (Wildman–Crippen LogP) is 2.03. The van der Waals surface area contributed by atoms with Crippen LogP contribution in [0, 0.1) is 5.92 Å². The van der Waals surface area contributed by atoms with Crippen molar-refractivity contribution in [3.63, 3.8) is 0 Å². The summed E-state index contributed by atoms with van der Waals surface area (Å²) in [6.45, 7) is 2.45. The third-order valence-corrected chi connectivity index (χ3v) is 2.97. The van der Waals surface area contributed by atoms with Crippen LogP contribution in [-0.2, 0) is 16.6 Å². The van der Waals surface area contributed by atoms with Crippen molar-refractivity contribution in [3.05, 3.63) is 30.1 Å². The number of rotatable bonds is 5. The molecule has 1 aliphatic rings. The molecule has 2 atom stereocenters. The Hall–Kier alpha value is -1.58. The van der Waals surface area contributed by atoms with Gasteiger partial charge in [-0.1, -0.05) is 19.1 Å². The van der Waals surface area contributed by atoms with Crippen molar-refractivity contribution in [2.24, 2.45) is 13.0 Å². The Kier molecular flexibility index (Phi) is 3.61.